The first-order chi connectivity index (χ1) is 12.0. The molecule has 0 saturated carbocycles. The molecule has 0 bridgehead atoms. The van der Waals surface area contributed by atoms with Gasteiger partial charge in [-0.3, -0.25) is 9.59 Å². The first-order valence-electron chi connectivity index (χ1n) is 8.58. The Labute approximate surface area is 147 Å². The van der Waals surface area contributed by atoms with Crippen molar-refractivity contribution in [3.8, 4) is 5.75 Å². The van der Waals surface area contributed by atoms with E-state index in [1.54, 1.807) is 6.92 Å². The largest absolute Gasteiger partial charge is 0.422 e. The summed E-state index contributed by atoms with van der Waals surface area (Å²) in [5.41, 5.74) is 2.39. The predicted octanol–water partition coefficient (Wildman–Crippen LogP) is 4.83. The number of halogens is 1. The summed E-state index contributed by atoms with van der Waals surface area (Å²) >= 11 is 0. The maximum absolute atomic E-state index is 14.1. The van der Waals surface area contributed by atoms with Crippen molar-refractivity contribution in [3.05, 3.63) is 64.5 Å². The SMILES string of the molecule is CCCCCc1ccc(CC(=O)Oc2c(C=O)ccc(C)c2F)cc1. The van der Waals surface area contributed by atoms with Crippen molar-refractivity contribution >= 4 is 12.3 Å². The zero-order valence-corrected chi connectivity index (χ0v) is 14.7. The second-order valence-corrected chi connectivity index (χ2v) is 6.16. The zero-order chi connectivity index (χ0) is 18.2. The third-order valence-corrected chi connectivity index (χ3v) is 4.10. The molecular weight excluding hydrogens is 319 g/mol. The number of hydrogen-bond donors (Lipinski definition) is 0. The smallest absolute Gasteiger partial charge is 0.315 e. The second kappa shape index (κ2) is 9.11. The second-order valence-electron chi connectivity index (χ2n) is 6.16. The molecule has 132 valence electrons. The van der Waals surface area contributed by atoms with Gasteiger partial charge in [0.2, 0.25) is 0 Å². The Morgan fingerprint density at radius 2 is 1.76 bits per heavy atom. The number of esters is 1. The Bertz CT molecular complexity index is 736. The maximum Gasteiger partial charge on any atom is 0.315 e. The van der Waals surface area contributed by atoms with Crippen LogP contribution in [0.25, 0.3) is 0 Å². The lowest BCUT2D eigenvalue weighted by Crippen LogP contribution is -2.14. The topological polar surface area (TPSA) is 43.4 Å². The van der Waals surface area contributed by atoms with Crippen LogP contribution in [0.3, 0.4) is 0 Å². The van der Waals surface area contributed by atoms with Crippen LogP contribution in [-0.2, 0) is 17.6 Å². The van der Waals surface area contributed by atoms with Crippen molar-refractivity contribution < 1.29 is 18.7 Å². The first-order valence-corrected chi connectivity index (χ1v) is 8.58. The number of hydrogen-bond acceptors (Lipinski definition) is 3. The number of carbonyl (C=O) groups excluding carboxylic acids is 2. The quantitative estimate of drug-likeness (QED) is 0.299. The third kappa shape index (κ3) is 5.24. The Balaban J connectivity index is 2.01. The number of aryl methyl sites for hydroxylation is 2. The van der Waals surface area contributed by atoms with Gasteiger partial charge in [0.05, 0.1) is 12.0 Å². The fourth-order valence-electron chi connectivity index (χ4n) is 2.59. The van der Waals surface area contributed by atoms with Crippen LogP contribution in [0, 0.1) is 12.7 Å². The Hall–Kier alpha value is -2.49. The summed E-state index contributed by atoms with van der Waals surface area (Å²) in [4.78, 5) is 23.1. The Morgan fingerprint density at radius 1 is 1.08 bits per heavy atom. The van der Waals surface area contributed by atoms with Crippen LogP contribution in [0.4, 0.5) is 4.39 Å². The van der Waals surface area contributed by atoms with Gasteiger partial charge in [-0.2, -0.15) is 0 Å². The molecule has 0 saturated heterocycles. The summed E-state index contributed by atoms with van der Waals surface area (Å²) in [5.74, 6) is -1.56. The van der Waals surface area contributed by atoms with Gasteiger partial charge in [0.25, 0.3) is 0 Å². The number of benzene rings is 2. The van der Waals surface area contributed by atoms with Gasteiger partial charge in [-0.05, 0) is 42.5 Å². The van der Waals surface area contributed by atoms with E-state index in [4.69, 9.17) is 4.74 Å². The lowest BCUT2D eigenvalue weighted by Gasteiger charge is -2.10. The lowest BCUT2D eigenvalue weighted by atomic mass is 10.0. The van der Waals surface area contributed by atoms with Gasteiger partial charge < -0.3 is 4.74 Å². The normalized spacial score (nSPS) is 10.5. The van der Waals surface area contributed by atoms with E-state index in [1.165, 1.54) is 30.5 Å². The lowest BCUT2D eigenvalue weighted by molar-refractivity contribution is -0.133. The van der Waals surface area contributed by atoms with E-state index in [-0.39, 0.29) is 17.7 Å². The highest BCUT2D eigenvalue weighted by atomic mass is 19.1. The highest BCUT2D eigenvalue weighted by Crippen LogP contribution is 2.25. The highest BCUT2D eigenvalue weighted by molar-refractivity contribution is 5.83. The van der Waals surface area contributed by atoms with Crippen molar-refractivity contribution in [2.75, 3.05) is 0 Å². The van der Waals surface area contributed by atoms with Crippen LogP contribution in [0.15, 0.2) is 36.4 Å². The molecule has 0 aliphatic rings. The molecule has 0 N–H and O–H groups in total. The van der Waals surface area contributed by atoms with Crippen molar-refractivity contribution in [2.24, 2.45) is 0 Å². The molecule has 0 aliphatic heterocycles. The van der Waals surface area contributed by atoms with E-state index < -0.39 is 11.8 Å². The fraction of sp³-hybridized carbons (Fsp3) is 0.333. The maximum atomic E-state index is 14.1. The number of unbranched alkanes of at least 4 members (excludes halogenated alkanes) is 2. The molecule has 0 aliphatic carbocycles. The molecule has 2 aromatic rings. The van der Waals surface area contributed by atoms with Crippen LogP contribution in [0.2, 0.25) is 0 Å². The summed E-state index contributed by atoms with van der Waals surface area (Å²) in [5, 5.41) is 0. The predicted molar refractivity (Wildman–Crippen MR) is 95.5 cm³/mol. The van der Waals surface area contributed by atoms with Gasteiger partial charge in [0.1, 0.15) is 0 Å². The molecule has 0 radical (unpaired) electrons. The van der Waals surface area contributed by atoms with Gasteiger partial charge in [-0.15, -0.1) is 0 Å². The Morgan fingerprint density at radius 3 is 2.40 bits per heavy atom. The van der Waals surface area contributed by atoms with E-state index in [0.717, 1.165) is 18.4 Å². The monoisotopic (exact) mass is 342 g/mol. The van der Waals surface area contributed by atoms with Crippen molar-refractivity contribution in [3.63, 3.8) is 0 Å². The third-order valence-electron chi connectivity index (χ3n) is 4.10. The molecule has 0 atom stereocenters. The highest BCUT2D eigenvalue weighted by Gasteiger charge is 2.16. The summed E-state index contributed by atoms with van der Waals surface area (Å²) in [7, 11) is 0. The minimum absolute atomic E-state index is 0.0287. The number of ether oxygens (including phenoxy) is 1. The van der Waals surface area contributed by atoms with Crippen LogP contribution in [0.5, 0.6) is 5.75 Å². The van der Waals surface area contributed by atoms with Crippen molar-refractivity contribution in [1.82, 2.24) is 0 Å². The minimum atomic E-state index is -0.677. The number of rotatable bonds is 8. The van der Waals surface area contributed by atoms with Crippen molar-refractivity contribution in [2.45, 2.75) is 46.0 Å². The first kappa shape index (κ1) is 18.8. The molecule has 25 heavy (non-hydrogen) atoms. The zero-order valence-electron chi connectivity index (χ0n) is 14.7. The molecule has 0 heterocycles. The summed E-state index contributed by atoms with van der Waals surface area (Å²) in [6.45, 7) is 3.72. The molecule has 0 amide bonds. The van der Waals surface area contributed by atoms with E-state index in [2.05, 4.69) is 6.92 Å². The summed E-state index contributed by atoms with van der Waals surface area (Å²) in [6.07, 6.45) is 5.07. The Kier molecular flexibility index (Phi) is 6.87. The molecule has 0 aromatic heterocycles. The molecule has 0 spiro atoms. The van der Waals surface area contributed by atoms with E-state index in [1.807, 2.05) is 24.3 Å². The van der Waals surface area contributed by atoms with Gasteiger partial charge >= 0.3 is 5.97 Å². The van der Waals surface area contributed by atoms with Crippen LogP contribution < -0.4 is 4.74 Å². The summed E-state index contributed by atoms with van der Waals surface area (Å²) in [6, 6.07) is 10.7. The van der Waals surface area contributed by atoms with Gasteiger partial charge in [-0.1, -0.05) is 50.1 Å². The number of aldehydes is 1. The minimum Gasteiger partial charge on any atom is -0.422 e. The average molecular weight is 342 g/mol. The van der Waals surface area contributed by atoms with E-state index >= 15 is 0 Å². The molecule has 2 aromatic carbocycles. The van der Waals surface area contributed by atoms with E-state index in [0.29, 0.717) is 11.8 Å². The van der Waals surface area contributed by atoms with Crippen LogP contribution >= 0.6 is 0 Å². The van der Waals surface area contributed by atoms with E-state index in [9.17, 15) is 14.0 Å². The molecule has 0 fully saturated rings. The standard InChI is InChI=1S/C21H23FO3/c1-3-4-5-6-16-8-10-17(11-9-16)13-19(24)25-21-18(14-23)12-7-15(2)20(21)22/h7-12,14H,3-6,13H2,1-2H3. The van der Waals surface area contributed by atoms with Gasteiger partial charge in [0.15, 0.2) is 17.9 Å². The molecule has 4 heteroatoms. The number of carbonyl (C=O) groups is 2. The van der Waals surface area contributed by atoms with Crippen molar-refractivity contribution in [1.29, 1.82) is 0 Å². The van der Waals surface area contributed by atoms with Gasteiger partial charge in [-0.25, -0.2) is 4.39 Å². The molecule has 2 rings (SSSR count). The van der Waals surface area contributed by atoms with Crippen LogP contribution in [-0.4, -0.2) is 12.3 Å². The van der Waals surface area contributed by atoms with Gasteiger partial charge in [0, 0.05) is 0 Å². The molecule has 0 unspecified atom stereocenters. The fourth-order valence-corrected chi connectivity index (χ4v) is 2.59. The average Bonchev–Trinajstić information content (AvgIpc) is 2.61. The van der Waals surface area contributed by atoms with Crippen LogP contribution in [0.1, 0.15) is 53.2 Å². The molecule has 3 nitrogen and oxygen atoms in total. The molecular formula is C21H23FO3. The summed E-state index contributed by atoms with van der Waals surface area (Å²) < 4.78 is 19.2.